The van der Waals surface area contributed by atoms with Crippen molar-refractivity contribution in [2.24, 2.45) is 5.11 Å². The zero-order valence-corrected chi connectivity index (χ0v) is 11.0. The van der Waals surface area contributed by atoms with Gasteiger partial charge in [0.25, 0.3) is 5.69 Å². The molecule has 2 atom stereocenters. The zero-order chi connectivity index (χ0) is 16.9. The van der Waals surface area contributed by atoms with Crippen LogP contribution in [0.2, 0.25) is 0 Å². The highest BCUT2D eigenvalue weighted by Crippen LogP contribution is 2.29. The fourth-order valence-electron chi connectivity index (χ4n) is 1.73. The number of aliphatic hydroxyl groups is 2. The van der Waals surface area contributed by atoms with Gasteiger partial charge in [0.15, 0.2) is 0 Å². The maximum atomic E-state index is 13.8. The van der Waals surface area contributed by atoms with E-state index in [0.29, 0.717) is 12.1 Å². The highest BCUT2D eigenvalue weighted by molar-refractivity contribution is 5.92. The van der Waals surface area contributed by atoms with Crippen molar-refractivity contribution in [1.29, 1.82) is 0 Å². The van der Waals surface area contributed by atoms with Crippen molar-refractivity contribution in [3.05, 3.63) is 49.6 Å². The topological polar surface area (TPSA) is 170 Å². The molecule has 1 aromatic carbocycles. The third-order valence-corrected chi connectivity index (χ3v) is 2.81. The molecular formula is C11H11FN4O6. The number of rotatable bonds is 7. The summed E-state index contributed by atoms with van der Waals surface area (Å²) in [6.45, 7) is -0.175. The molecule has 0 aliphatic carbocycles. The lowest BCUT2D eigenvalue weighted by Crippen LogP contribution is -2.21. The van der Waals surface area contributed by atoms with Crippen LogP contribution >= 0.6 is 0 Å². The molecule has 3 N–H and O–H groups in total. The van der Waals surface area contributed by atoms with Gasteiger partial charge in [-0.25, -0.2) is 9.18 Å². The second-order valence-corrected chi connectivity index (χ2v) is 4.21. The predicted octanol–water partition coefficient (Wildman–Crippen LogP) is 1.53. The average molecular weight is 314 g/mol. The van der Waals surface area contributed by atoms with E-state index < -0.39 is 45.7 Å². The van der Waals surface area contributed by atoms with Crippen molar-refractivity contribution in [2.75, 3.05) is 6.54 Å². The largest absolute Gasteiger partial charge is 0.477 e. The van der Waals surface area contributed by atoms with E-state index in [4.69, 9.17) is 10.6 Å². The molecule has 0 saturated heterocycles. The summed E-state index contributed by atoms with van der Waals surface area (Å²) in [6, 6.07) is 0.958. The number of aromatic carboxylic acids is 1. The van der Waals surface area contributed by atoms with E-state index in [0.717, 1.165) is 0 Å². The lowest BCUT2D eigenvalue weighted by atomic mass is 9.99. The summed E-state index contributed by atoms with van der Waals surface area (Å²) >= 11 is 0. The van der Waals surface area contributed by atoms with Gasteiger partial charge in [-0.3, -0.25) is 10.1 Å². The lowest BCUT2D eigenvalue weighted by molar-refractivity contribution is -0.385. The third kappa shape index (κ3) is 3.88. The van der Waals surface area contributed by atoms with Crippen LogP contribution in [0.3, 0.4) is 0 Å². The molecule has 0 spiro atoms. The van der Waals surface area contributed by atoms with Gasteiger partial charge in [-0.1, -0.05) is 5.11 Å². The molecule has 2 unspecified atom stereocenters. The van der Waals surface area contributed by atoms with E-state index in [9.17, 15) is 29.5 Å². The van der Waals surface area contributed by atoms with Crippen molar-refractivity contribution >= 4 is 11.7 Å². The van der Waals surface area contributed by atoms with Crippen LogP contribution in [0.5, 0.6) is 0 Å². The van der Waals surface area contributed by atoms with E-state index in [1.165, 1.54) is 0 Å². The predicted molar refractivity (Wildman–Crippen MR) is 69.6 cm³/mol. The summed E-state index contributed by atoms with van der Waals surface area (Å²) in [5.74, 6) is -2.91. The molecule has 0 aromatic heterocycles. The molecule has 0 amide bonds. The molecule has 0 aliphatic heterocycles. The summed E-state index contributed by atoms with van der Waals surface area (Å²) in [6.07, 6.45) is -3.59. The van der Waals surface area contributed by atoms with E-state index in [2.05, 4.69) is 10.0 Å². The Kier molecular flexibility index (Phi) is 5.75. The number of halogens is 1. The number of nitro groups is 1. The molecule has 0 heterocycles. The molecule has 0 bridgehead atoms. The fourth-order valence-corrected chi connectivity index (χ4v) is 1.73. The number of azide groups is 1. The number of carbonyl (C=O) groups is 1. The Hall–Kier alpha value is -2.75. The summed E-state index contributed by atoms with van der Waals surface area (Å²) in [7, 11) is 0. The Morgan fingerprint density at radius 2 is 2.14 bits per heavy atom. The molecule has 118 valence electrons. The third-order valence-electron chi connectivity index (χ3n) is 2.81. The normalized spacial score (nSPS) is 13.0. The van der Waals surface area contributed by atoms with E-state index >= 15 is 0 Å². The van der Waals surface area contributed by atoms with Gasteiger partial charge in [0.2, 0.25) is 0 Å². The molecule has 10 nitrogen and oxygen atoms in total. The summed E-state index contributed by atoms with van der Waals surface area (Å²) in [4.78, 5) is 23.0. The van der Waals surface area contributed by atoms with E-state index in [1.54, 1.807) is 0 Å². The summed E-state index contributed by atoms with van der Waals surface area (Å²) < 4.78 is 13.8. The second-order valence-electron chi connectivity index (χ2n) is 4.21. The van der Waals surface area contributed by atoms with Gasteiger partial charge < -0.3 is 15.3 Å². The Morgan fingerprint density at radius 1 is 1.50 bits per heavy atom. The van der Waals surface area contributed by atoms with Crippen LogP contribution in [-0.2, 0) is 0 Å². The number of hydrogen-bond donors (Lipinski definition) is 3. The standard InChI is InChI=1S/C11H11FN4O6/c12-7-3-6(11(19)20)8(16(21)22)4-5(7)10(18)9(17)1-2-14-15-13/h3-4,9-10,17-18H,1-2H2,(H,19,20). The Bertz CT molecular complexity index is 646. The number of benzene rings is 1. The fraction of sp³-hybridized carbons (Fsp3) is 0.364. The Balaban J connectivity index is 3.18. The number of nitro benzene ring substituents is 1. The van der Waals surface area contributed by atoms with E-state index in [-0.39, 0.29) is 13.0 Å². The first-order chi connectivity index (χ1) is 10.3. The SMILES string of the molecule is [N-]=[N+]=NCCC(O)C(O)c1cc([N+](=O)[O-])c(C(=O)O)cc1F. The molecule has 11 heteroatoms. The van der Waals surface area contributed by atoms with Crippen LogP contribution in [-0.4, -0.2) is 38.9 Å². The van der Waals surface area contributed by atoms with Gasteiger partial charge in [-0.2, -0.15) is 0 Å². The lowest BCUT2D eigenvalue weighted by Gasteiger charge is -2.18. The van der Waals surface area contributed by atoms with Gasteiger partial charge >= 0.3 is 5.97 Å². The summed E-state index contributed by atoms with van der Waals surface area (Å²) in [5.41, 5.74) is 5.68. The minimum absolute atomic E-state index is 0.175. The number of aliphatic hydroxyl groups excluding tert-OH is 2. The Labute approximate surface area is 122 Å². The highest BCUT2D eigenvalue weighted by Gasteiger charge is 2.28. The number of hydrogen-bond acceptors (Lipinski definition) is 6. The smallest absolute Gasteiger partial charge is 0.342 e. The molecule has 22 heavy (non-hydrogen) atoms. The molecular weight excluding hydrogens is 303 g/mol. The van der Waals surface area contributed by atoms with Crippen LogP contribution in [0.1, 0.15) is 28.4 Å². The second kappa shape index (κ2) is 7.31. The highest BCUT2D eigenvalue weighted by atomic mass is 19.1. The monoisotopic (exact) mass is 314 g/mol. The molecule has 1 rings (SSSR count). The zero-order valence-electron chi connectivity index (χ0n) is 11.0. The van der Waals surface area contributed by atoms with Gasteiger partial charge in [0.05, 0.1) is 11.0 Å². The first-order valence-electron chi connectivity index (χ1n) is 5.87. The molecule has 0 aliphatic rings. The van der Waals surface area contributed by atoms with Gasteiger partial charge in [0.1, 0.15) is 17.5 Å². The maximum Gasteiger partial charge on any atom is 0.342 e. The minimum Gasteiger partial charge on any atom is -0.477 e. The Morgan fingerprint density at radius 3 is 2.64 bits per heavy atom. The number of carboxylic acids is 1. The van der Waals surface area contributed by atoms with Crippen LogP contribution in [0.4, 0.5) is 10.1 Å². The molecule has 0 radical (unpaired) electrons. The van der Waals surface area contributed by atoms with Crippen molar-refractivity contribution in [2.45, 2.75) is 18.6 Å². The van der Waals surface area contributed by atoms with Crippen molar-refractivity contribution < 1.29 is 29.4 Å². The first kappa shape index (κ1) is 17.3. The van der Waals surface area contributed by atoms with Gasteiger partial charge in [0, 0.05) is 23.1 Å². The quantitative estimate of drug-likeness (QED) is 0.226. The van der Waals surface area contributed by atoms with E-state index in [1.807, 2.05) is 0 Å². The maximum absolute atomic E-state index is 13.8. The van der Waals surface area contributed by atoms with Crippen molar-refractivity contribution in [1.82, 2.24) is 0 Å². The first-order valence-corrected chi connectivity index (χ1v) is 5.87. The van der Waals surface area contributed by atoms with Crippen LogP contribution < -0.4 is 0 Å². The van der Waals surface area contributed by atoms with Crippen LogP contribution in [0.25, 0.3) is 10.4 Å². The van der Waals surface area contributed by atoms with Crippen LogP contribution in [0.15, 0.2) is 17.2 Å². The minimum atomic E-state index is -1.84. The number of carboxylic acid groups (broad SMARTS) is 1. The molecule has 0 fully saturated rings. The van der Waals surface area contributed by atoms with Crippen LogP contribution in [0, 0.1) is 15.9 Å². The van der Waals surface area contributed by atoms with Crippen molar-refractivity contribution in [3.63, 3.8) is 0 Å². The molecule has 1 aromatic rings. The number of nitrogens with zero attached hydrogens (tertiary/aromatic N) is 4. The van der Waals surface area contributed by atoms with Crippen molar-refractivity contribution in [3.8, 4) is 0 Å². The average Bonchev–Trinajstić information content (AvgIpc) is 2.45. The van der Waals surface area contributed by atoms with Gasteiger partial charge in [-0.05, 0) is 18.0 Å². The molecule has 0 saturated carbocycles. The summed E-state index contributed by atoms with van der Waals surface area (Å²) in [5, 5.41) is 42.2. The van der Waals surface area contributed by atoms with Gasteiger partial charge in [-0.15, -0.1) is 0 Å².